The van der Waals surface area contributed by atoms with Gasteiger partial charge in [0.15, 0.2) is 0 Å². The Labute approximate surface area is 133 Å². The third-order valence-corrected chi connectivity index (χ3v) is 4.07. The van der Waals surface area contributed by atoms with Gasteiger partial charge in [-0.2, -0.15) is 0 Å². The first kappa shape index (κ1) is 17.6. The maximum Gasteiger partial charge on any atom is 0.339 e. The first-order valence-electron chi connectivity index (χ1n) is 7.10. The van der Waals surface area contributed by atoms with Crippen molar-refractivity contribution in [1.29, 1.82) is 0 Å². The van der Waals surface area contributed by atoms with Crippen molar-refractivity contribution in [3.05, 3.63) is 38.3 Å². The third kappa shape index (κ3) is 5.46. The molecule has 0 spiro atoms. The molecule has 0 heterocycles. The van der Waals surface area contributed by atoms with Gasteiger partial charge in [0.2, 0.25) is 0 Å². The van der Waals surface area contributed by atoms with Crippen LogP contribution in [0.25, 0.3) is 0 Å². The standard InChI is InChI=1S/C15H20BrNO4/c1-3-5-6-11(4-2)10-21-15(18)13-9-12(17(19)20)7-8-14(13)16/h7-9,11H,3-6,10H2,1-2H3. The summed E-state index contributed by atoms with van der Waals surface area (Å²) in [5.41, 5.74) is 0.0673. The lowest BCUT2D eigenvalue weighted by atomic mass is 10.0. The minimum Gasteiger partial charge on any atom is -0.462 e. The fraction of sp³-hybridized carbons (Fsp3) is 0.533. The molecule has 0 aliphatic rings. The zero-order valence-electron chi connectivity index (χ0n) is 12.3. The molecule has 5 nitrogen and oxygen atoms in total. The van der Waals surface area contributed by atoms with Crippen molar-refractivity contribution >= 4 is 27.6 Å². The smallest absolute Gasteiger partial charge is 0.339 e. The Bertz CT molecular complexity index is 504. The summed E-state index contributed by atoms with van der Waals surface area (Å²) in [6, 6.07) is 4.07. The van der Waals surface area contributed by atoms with Gasteiger partial charge in [-0.1, -0.05) is 33.1 Å². The number of nitro benzene ring substituents is 1. The number of halogens is 1. The fourth-order valence-electron chi connectivity index (χ4n) is 1.95. The second kappa shape index (κ2) is 8.77. The van der Waals surface area contributed by atoms with E-state index >= 15 is 0 Å². The van der Waals surface area contributed by atoms with E-state index in [9.17, 15) is 14.9 Å². The van der Waals surface area contributed by atoms with Crippen LogP contribution in [0, 0.1) is 16.0 Å². The Morgan fingerprint density at radius 1 is 1.43 bits per heavy atom. The van der Waals surface area contributed by atoms with Gasteiger partial charge in [-0.3, -0.25) is 10.1 Å². The molecule has 0 radical (unpaired) electrons. The molecule has 1 rings (SSSR count). The van der Waals surface area contributed by atoms with Crippen LogP contribution < -0.4 is 0 Å². The highest BCUT2D eigenvalue weighted by atomic mass is 79.9. The highest BCUT2D eigenvalue weighted by molar-refractivity contribution is 9.10. The predicted molar refractivity (Wildman–Crippen MR) is 84.4 cm³/mol. The molecule has 1 atom stereocenters. The van der Waals surface area contributed by atoms with Gasteiger partial charge in [0.1, 0.15) is 0 Å². The largest absolute Gasteiger partial charge is 0.462 e. The van der Waals surface area contributed by atoms with Crippen LogP contribution in [0.3, 0.4) is 0 Å². The number of non-ortho nitro benzene ring substituents is 1. The molecule has 21 heavy (non-hydrogen) atoms. The first-order chi connectivity index (χ1) is 9.99. The van der Waals surface area contributed by atoms with Crippen LogP contribution in [-0.4, -0.2) is 17.5 Å². The van der Waals surface area contributed by atoms with Gasteiger partial charge in [-0.15, -0.1) is 0 Å². The van der Waals surface area contributed by atoms with Crippen molar-refractivity contribution in [2.45, 2.75) is 39.5 Å². The second-order valence-electron chi connectivity index (χ2n) is 4.94. The lowest BCUT2D eigenvalue weighted by molar-refractivity contribution is -0.384. The zero-order chi connectivity index (χ0) is 15.8. The van der Waals surface area contributed by atoms with Crippen LogP contribution in [0.1, 0.15) is 49.9 Å². The van der Waals surface area contributed by atoms with E-state index in [1.165, 1.54) is 18.2 Å². The number of nitro groups is 1. The number of carbonyl (C=O) groups is 1. The summed E-state index contributed by atoms with van der Waals surface area (Å²) >= 11 is 3.22. The fourth-order valence-corrected chi connectivity index (χ4v) is 2.36. The van der Waals surface area contributed by atoms with Gasteiger partial charge in [-0.05, 0) is 34.3 Å². The van der Waals surface area contributed by atoms with E-state index in [1.807, 2.05) is 0 Å². The zero-order valence-corrected chi connectivity index (χ0v) is 13.9. The molecule has 0 aromatic heterocycles. The SMILES string of the molecule is CCCCC(CC)COC(=O)c1cc([N+](=O)[O-])ccc1Br. The third-order valence-electron chi connectivity index (χ3n) is 3.37. The summed E-state index contributed by atoms with van der Waals surface area (Å²) in [6.07, 6.45) is 4.19. The monoisotopic (exact) mass is 357 g/mol. The van der Waals surface area contributed by atoms with E-state index in [2.05, 4.69) is 29.8 Å². The number of benzene rings is 1. The van der Waals surface area contributed by atoms with Crippen LogP contribution in [0.5, 0.6) is 0 Å². The summed E-state index contributed by atoms with van der Waals surface area (Å²) in [6.45, 7) is 4.54. The average Bonchev–Trinajstić information content (AvgIpc) is 2.47. The molecule has 116 valence electrons. The number of ether oxygens (including phenoxy) is 1. The van der Waals surface area contributed by atoms with E-state index in [-0.39, 0.29) is 11.3 Å². The highest BCUT2D eigenvalue weighted by Gasteiger charge is 2.18. The van der Waals surface area contributed by atoms with Crippen molar-refractivity contribution in [3.63, 3.8) is 0 Å². The Morgan fingerprint density at radius 3 is 2.71 bits per heavy atom. The van der Waals surface area contributed by atoms with Crippen LogP contribution in [0.4, 0.5) is 5.69 Å². The van der Waals surface area contributed by atoms with E-state index in [0.717, 1.165) is 25.7 Å². The van der Waals surface area contributed by atoms with E-state index in [1.54, 1.807) is 0 Å². The van der Waals surface area contributed by atoms with Crippen molar-refractivity contribution in [1.82, 2.24) is 0 Å². The lowest BCUT2D eigenvalue weighted by Gasteiger charge is -2.14. The molecule has 0 amide bonds. The maximum atomic E-state index is 12.1. The van der Waals surface area contributed by atoms with Gasteiger partial charge in [-0.25, -0.2) is 4.79 Å². The van der Waals surface area contributed by atoms with Crippen LogP contribution in [-0.2, 0) is 4.74 Å². The summed E-state index contributed by atoms with van der Waals surface area (Å²) < 4.78 is 5.80. The topological polar surface area (TPSA) is 69.4 Å². The first-order valence-corrected chi connectivity index (χ1v) is 7.89. The van der Waals surface area contributed by atoms with Gasteiger partial charge in [0.25, 0.3) is 5.69 Å². The number of esters is 1. The summed E-state index contributed by atoms with van der Waals surface area (Å²) in [7, 11) is 0. The molecule has 0 aliphatic carbocycles. The van der Waals surface area contributed by atoms with Crippen molar-refractivity contribution < 1.29 is 14.5 Å². The van der Waals surface area contributed by atoms with Crippen molar-refractivity contribution in [3.8, 4) is 0 Å². The molecule has 1 unspecified atom stereocenters. The molecular formula is C15H20BrNO4. The summed E-state index contributed by atoms with van der Waals surface area (Å²) in [5, 5.41) is 10.8. The Balaban J connectivity index is 2.70. The van der Waals surface area contributed by atoms with Crippen molar-refractivity contribution in [2.75, 3.05) is 6.61 Å². The number of nitrogens with zero attached hydrogens (tertiary/aromatic N) is 1. The minimum atomic E-state index is -0.528. The van der Waals surface area contributed by atoms with Gasteiger partial charge < -0.3 is 4.74 Å². The Kier molecular flexibility index (Phi) is 7.36. The predicted octanol–water partition coefficient (Wildman–Crippen LogP) is 4.73. The molecule has 0 fully saturated rings. The van der Waals surface area contributed by atoms with Crippen LogP contribution in [0.2, 0.25) is 0 Å². The number of unbranched alkanes of at least 4 members (excludes halogenated alkanes) is 1. The molecular weight excluding hydrogens is 338 g/mol. The van der Waals surface area contributed by atoms with Gasteiger partial charge in [0, 0.05) is 16.6 Å². The maximum absolute atomic E-state index is 12.1. The van der Waals surface area contributed by atoms with Crippen LogP contribution >= 0.6 is 15.9 Å². The molecule has 1 aromatic carbocycles. The van der Waals surface area contributed by atoms with E-state index in [4.69, 9.17) is 4.74 Å². The quantitative estimate of drug-likeness (QED) is 0.383. The number of rotatable bonds is 8. The van der Waals surface area contributed by atoms with Gasteiger partial charge >= 0.3 is 5.97 Å². The number of hydrogen-bond acceptors (Lipinski definition) is 4. The molecule has 0 aliphatic heterocycles. The molecule has 6 heteroatoms. The summed E-state index contributed by atoms with van der Waals surface area (Å²) in [4.78, 5) is 22.3. The highest BCUT2D eigenvalue weighted by Crippen LogP contribution is 2.24. The molecule has 0 saturated heterocycles. The summed E-state index contributed by atoms with van der Waals surface area (Å²) in [5.74, 6) is -0.188. The van der Waals surface area contributed by atoms with E-state index in [0.29, 0.717) is 17.0 Å². The van der Waals surface area contributed by atoms with Crippen LogP contribution in [0.15, 0.2) is 22.7 Å². The second-order valence-corrected chi connectivity index (χ2v) is 5.79. The number of hydrogen-bond donors (Lipinski definition) is 0. The average molecular weight is 358 g/mol. The number of carbonyl (C=O) groups excluding carboxylic acids is 1. The van der Waals surface area contributed by atoms with E-state index < -0.39 is 10.9 Å². The minimum absolute atomic E-state index is 0.122. The van der Waals surface area contributed by atoms with Gasteiger partial charge in [0.05, 0.1) is 17.1 Å². The Morgan fingerprint density at radius 2 is 2.14 bits per heavy atom. The molecule has 0 N–H and O–H groups in total. The lowest BCUT2D eigenvalue weighted by Crippen LogP contribution is -2.14. The molecule has 0 bridgehead atoms. The molecule has 1 aromatic rings. The molecule has 0 saturated carbocycles. The van der Waals surface area contributed by atoms with Crippen molar-refractivity contribution in [2.24, 2.45) is 5.92 Å². The Hall–Kier alpha value is -1.43. The normalized spacial score (nSPS) is 12.0.